The van der Waals surface area contributed by atoms with E-state index in [9.17, 15) is 31.1 Å². The van der Waals surface area contributed by atoms with Gasteiger partial charge in [-0.2, -0.15) is 22.0 Å². The second-order valence-corrected chi connectivity index (χ2v) is 3.41. The highest BCUT2D eigenvalue weighted by Gasteiger charge is 2.49. The lowest BCUT2D eigenvalue weighted by Crippen LogP contribution is -2.33. The normalized spacial score (nSPS) is 14.3. The van der Waals surface area contributed by atoms with Crippen LogP contribution in [-0.2, 0) is 11.0 Å². The molecule has 0 saturated carbocycles. The lowest BCUT2D eigenvalue weighted by molar-refractivity contribution is -0.175. The topological polar surface area (TPSA) is 37.3 Å². The van der Waals surface area contributed by atoms with Gasteiger partial charge >= 0.3 is 18.1 Å². The van der Waals surface area contributed by atoms with Crippen LogP contribution >= 0.6 is 0 Å². The Kier molecular flexibility index (Phi) is 3.59. The van der Waals surface area contributed by atoms with Crippen molar-refractivity contribution in [3.05, 3.63) is 35.4 Å². The Morgan fingerprint density at radius 2 is 1.50 bits per heavy atom. The first-order valence-electron chi connectivity index (χ1n) is 4.49. The first kappa shape index (κ1) is 14.3. The van der Waals surface area contributed by atoms with Crippen molar-refractivity contribution >= 4 is 5.97 Å². The molecule has 1 atom stereocenters. The lowest BCUT2D eigenvalue weighted by atomic mass is 10.0. The number of hydrogen-bond donors (Lipinski definition) is 1. The number of alkyl halides is 6. The zero-order valence-electron chi connectivity index (χ0n) is 8.51. The molecule has 0 amide bonds. The van der Waals surface area contributed by atoms with Crippen LogP contribution in [0.5, 0.6) is 0 Å². The Morgan fingerprint density at radius 1 is 1.06 bits per heavy atom. The van der Waals surface area contributed by atoms with Gasteiger partial charge in [-0.1, -0.05) is 12.1 Å². The maximum absolute atomic E-state index is 13.2. The third-order valence-corrected chi connectivity index (χ3v) is 2.13. The number of carboxylic acid groups (broad SMARTS) is 1. The van der Waals surface area contributed by atoms with Crippen molar-refractivity contribution in [2.75, 3.05) is 0 Å². The minimum Gasteiger partial charge on any atom is -0.477 e. The molecule has 1 aromatic carbocycles. The molecule has 0 aliphatic heterocycles. The summed E-state index contributed by atoms with van der Waals surface area (Å²) in [6, 6.07) is 1.76. The van der Waals surface area contributed by atoms with Gasteiger partial charge in [0.05, 0.1) is 5.56 Å². The molecule has 0 aliphatic rings. The quantitative estimate of drug-likeness (QED) is 0.856. The van der Waals surface area contributed by atoms with Crippen LogP contribution in [0.2, 0.25) is 0 Å². The Morgan fingerprint density at radius 3 is 1.83 bits per heavy atom. The van der Waals surface area contributed by atoms with E-state index in [-0.39, 0.29) is 0 Å². The number of aliphatic carboxylic acids is 1. The fourth-order valence-corrected chi connectivity index (χ4v) is 1.16. The van der Waals surface area contributed by atoms with Crippen LogP contribution in [0.15, 0.2) is 24.3 Å². The molecule has 1 rings (SSSR count). The molecular weight excluding hydrogens is 266 g/mol. The molecule has 8 heteroatoms. The van der Waals surface area contributed by atoms with E-state index in [0.717, 1.165) is 0 Å². The minimum absolute atomic E-state index is 0.403. The molecule has 100 valence electrons. The van der Waals surface area contributed by atoms with Gasteiger partial charge in [-0.05, 0) is 17.7 Å². The van der Waals surface area contributed by atoms with E-state index >= 15 is 0 Å². The SMILES string of the molecule is O=C(O)C(F)(F)C(F)c1ccc(C(F)(F)F)cc1. The zero-order chi connectivity index (χ0) is 14.1. The van der Waals surface area contributed by atoms with Crippen molar-refractivity contribution in [3.8, 4) is 0 Å². The van der Waals surface area contributed by atoms with E-state index in [0.29, 0.717) is 24.3 Å². The van der Waals surface area contributed by atoms with Gasteiger partial charge in [0.15, 0.2) is 6.17 Å². The predicted molar refractivity (Wildman–Crippen MR) is 47.9 cm³/mol. The first-order chi connectivity index (χ1) is 8.06. The average Bonchev–Trinajstić information content (AvgIpc) is 2.26. The Hall–Kier alpha value is -1.73. The highest BCUT2D eigenvalue weighted by atomic mass is 19.4. The Labute approximate surface area is 96.8 Å². The molecule has 0 aliphatic carbocycles. The van der Waals surface area contributed by atoms with E-state index in [4.69, 9.17) is 5.11 Å². The van der Waals surface area contributed by atoms with E-state index in [1.165, 1.54) is 0 Å². The van der Waals surface area contributed by atoms with Crippen LogP contribution in [-0.4, -0.2) is 17.0 Å². The van der Waals surface area contributed by atoms with Crippen LogP contribution in [0.3, 0.4) is 0 Å². The van der Waals surface area contributed by atoms with Gasteiger partial charge in [0, 0.05) is 0 Å². The molecule has 0 heterocycles. The predicted octanol–water partition coefficient (Wildman–Crippen LogP) is 3.44. The molecule has 0 aromatic heterocycles. The van der Waals surface area contributed by atoms with Gasteiger partial charge in [0.1, 0.15) is 0 Å². The fraction of sp³-hybridized carbons (Fsp3) is 0.300. The maximum atomic E-state index is 13.2. The van der Waals surface area contributed by atoms with E-state index < -0.39 is 35.4 Å². The van der Waals surface area contributed by atoms with Gasteiger partial charge in [-0.3, -0.25) is 0 Å². The molecule has 1 N–H and O–H groups in total. The highest BCUT2D eigenvalue weighted by Crippen LogP contribution is 2.36. The molecule has 1 unspecified atom stereocenters. The number of halogens is 6. The number of benzene rings is 1. The van der Waals surface area contributed by atoms with Gasteiger partial charge in [-0.15, -0.1) is 0 Å². The molecular formula is C10H6F6O2. The third-order valence-electron chi connectivity index (χ3n) is 2.13. The Balaban J connectivity index is 3.03. The average molecular weight is 272 g/mol. The molecule has 1 aromatic rings. The van der Waals surface area contributed by atoms with Crippen molar-refractivity contribution < 1.29 is 36.2 Å². The summed E-state index contributed by atoms with van der Waals surface area (Å²) in [6.45, 7) is 0. The molecule has 0 spiro atoms. The fourth-order valence-electron chi connectivity index (χ4n) is 1.16. The number of hydrogen-bond acceptors (Lipinski definition) is 1. The molecule has 18 heavy (non-hydrogen) atoms. The van der Waals surface area contributed by atoms with Gasteiger partial charge in [0.2, 0.25) is 0 Å². The minimum atomic E-state index is -4.69. The smallest absolute Gasteiger partial charge is 0.416 e. The van der Waals surface area contributed by atoms with Crippen molar-refractivity contribution in [2.24, 2.45) is 0 Å². The number of carboxylic acids is 1. The maximum Gasteiger partial charge on any atom is 0.416 e. The van der Waals surface area contributed by atoms with Crippen LogP contribution in [0.25, 0.3) is 0 Å². The molecule has 0 radical (unpaired) electrons. The van der Waals surface area contributed by atoms with Crippen LogP contribution in [0, 0.1) is 0 Å². The second kappa shape index (κ2) is 4.51. The second-order valence-electron chi connectivity index (χ2n) is 3.41. The standard InChI is InChI=1S/C10H6F6O2/c11-7(9(12,13)8(17)18)5-1-3-6(4-2-5)10(14,15)16/h1-4,7H,(H,17,18). The summed E-state index contributed by atoms with van der Waals surface area (Å²) in [6.07, 6.45) is -7.89. The summed E-state index contributed by atoms with van der Waals surface area (Å²) >= 11 is 0. The summed E-state index contributed by atoms with van der Waals surface area (Å²) in [4.78, 5) is 10.1. The molecule has 0 bridgehead atoms. The van der Waals surface area contributed by atoms with Gasteiger partial charge in [-0.25, -0.2) is 9.18 Å². The van der Waals surface area contributed by atoms with Crippen molar-refractivity contribution in [1.82, 2.24) is 0 Å². The highest BCUT2D eigenvalue weighted by molar-refractivity contribution is 5.76. The van der Waals surface area contributed by atoms with Crippen LogP contribution < -0.4 is 0 Å². The van der Waals surface area contributed by atoms with E-state index in [1.54, 1.807) is 0 Å². The van der Waals surface area contributed by atoms with Crippen molar-refractivity contribution in [2.45, 2.75) is 18.3 Å². The Bertz CT molecular complexity index is 437. The van der Waals surface area contributed by atoms with Crippen molar-refractivity contribution in [3.63, 3.8) is 0 Å². The third kappa shape index (κ3) is 2.74. The lowest BCUT2D eigenvalue weighted by Gasteiger charge is -2.17. The number of carbonyl (C=O) groups is 1. The summed E-state index contributed by atoms with van der Waals surface area (Å²) in [5.41, 5.74) is -1.98. The molecule has 0 fully saturated rings. The number of rotatable bonds is 3. The largest absolute Gasteiger partial charge is 0.477 e. The van der Waals surface area contributed by atoms with Crippen LogP contribution in [0.4, 0.5) is 26.3 Å². The summed E-state index contributed by atoms with van der Waals surface area (Å²) in [5, 5.41) is 8.09. The van der Waals surface area contributed by atoms with E-state index in [1.807, 2.05) is 0 Å². The summed E-state index contributed by atoms with van der Waals surface area (Å²) < 4.78 is 75.1. The monoisotopic (exact) mass is 272 g/mol. The van der Waals surface area contributed by atoms with Crippen molar-refractivity contribution in [1.29, 1.82) is 0 Å². The zero-order valence-corrected chi connectivity index (χ0v) is 8.51. The molecule has 2 nitrogen and oxygen atoms in total. The van der Waals surface area contributed by atoms with Crippen LogP contribution in [0.1, 0.15) is 17.3 Å². The molecule has 0 saturated heterocycles. The summed E-state index contributed by atoms with van der Waals surface area (Å²) in [7, 11) is 0. The van der Waals surface area contributed by atoms with Gasteiger partial charge < -0.3 is 5.11 Å². The summed E-state index contributed by atoms with van der Waals surface area (Å²) in [5.74, 6) is -7.38. The van der Waals surface area contributed by atoms with E-state index in [2.05, 4.69) is 0 Å². The van der Waals surface area contributed by atoms with Gasteiger partial charge in [0.25, 0.3) is 0 Å². The first-order valence-corrected chi connectivity index (χ1v) is 4.49.